The molecule has 0 radical (unpaired) electrons. The van der Waals surface area contributed by atoms with Gasteiger partial charge in [0.25, 0.3) is 0 Å². The minimum absolute atomic E-state index is 0.976. The molecule has 2 nitrogen and oxygen atoms in total. The number of nitrogens with one attached hydrogen (secondary N) is 1. The minimum atomic E-state index is 0.976. The Morgan fingerprint density at radius 2 is 1.75 bits per heavy atom. The summed E-state index contributed by atoms with van der Waals surface area (Å²) in [6, 6.07) is 8.78. The van der Waals surface area contributed by atoms with E-state index >= 15 is 0 Å². The van der Waals surface area contributed by atoms with Crippen molar-refractivity contribution < 1.29 is 0 Å². The number of nitrogens with zero attached hydrogens (tertiary/aromatic N) is 1. The van der Waals surface area contributed by atoms with E-state index in [4.69, 9.17) is 0 Å². The summed E-state index contributed by atoms with van der Waals surface area (Å²) in [6.45, 7) is 4.64. The number of likely N-dealkylation sites (tertiary alicyclic amines) is 1. The lowest BCUT2D eigenvalue weighted by molar-refractivity contribution is 0.220. The molecule has 2 heteroatoms. The summed E-state index contributed by atoms with van der Waals surface area (Å²) >= 11 is 0. The maximum Gasteiger partial charge on any atom is 0.0236 e. The summed E-state index contributed by atoms with van der Waals surface area (Å²) in [4.78, 5) is 2.58. The first-order valence-corrected chi connectivity index (χ1v) is 6.34. The summed E-state index contributed by atoms with van der Waals surface area (Å²) in [5, 5.41) is 3.24. The highest BCUT2D eigenvalue weighted by molar-refractivity contribution is 5.26. The van der Waals surface area contributed by atoms with Gasteiger partial charge in [-0.2, -0.15) is 0 Å². The first-order chi connectivity index (χ1) is 7.90. The van der Waals surface area contributed by atoms with Gasteiger partial charge >= 0.3 is 0 Å². The van der Waals surface area contributed by atoms with E-state index in [0.717, 1.165) is 13.1 Å². The summed E-state index contributed by atoms with van der Waals surface area (Å²) in [5.41, 5.74) is 2.93. The third-order valence-corrected chi connectivity index (χ3v) is 3.33. The Kier molecular flexibility index (Phi) is 4.37. The Labute approximate surface area is 98.7 Å². The molecule has 0 atom stereocenters. The van der Waals surface area contributed by atoms with Crippen molar-refractivity contribution >= 4 is 0 Å². The van der Waals surface area contributed by atoms with Crippen LogP contribution in [-0.4, -0.2) is 25.0 Å². The monoisotopic (exact) mass is 218 g/mol. The van der Waals surface area contributed by atoms with Gasteiger partial charge in [-0.3, -0.25) is 4.90 Å². The molecule has 1 fully saturated rings. The lowest BCUT2D eigenvalue weighted by Gasteiger charge is -2.27. The Morgan fingerprint density at radius 3 is 2.44 bits per heavy atom. The number of hydrogen-bond acceptors (Lipinski definition) is 2. The molecule has 1 aromatic carbocycles. The molecular formula is C14H22N2. The van der Waals surface area contributed by atoms with Crippen LogP contribution in [0.1, 0.15) is 30.4 Å². The second-order valence-corrected chi connectivity index (χ2v) is 4.64. The predicted octanol–water partition coefficient (Wildman–Crippen LogP) is 2.39. The fraction of sp³-hybridized carbons (Fsp3) is 0.571. The van der Waals surface area contributed by atoms with Crippen LogP contribution in [0.15, 0.2) is 24.3 Å². The number of rotatable bonds is 4. The van der Waals surface area contributed by atoms with Crippen molar-refractivity contribution in [2.24, 2.45) is 0 Å². The van der Waals surface area contributed by atoms with E-state index in [-0.39, 0.29) is 0 Å². The van der Waals surface area contributed by atoms with E-state index < -0.39 is 0 Å². The third-order valence-electron chi connectivity index (χ3n) is 3.33. The Bertz CT molecular complexity index is 316. The smallest absolute Gasteiger partial charge is 0.0236 e. The van der Waals surface area contributed by atoms with Crippen LogP contribution in [-0.2, 0) is 13.1 Å². The van der Waals surface area contributed by atoms with Crippen LogP contribution >= 0.6 is 0 Å². The molecule has 1 aliphatic rings. The van der Waals surface area contributed by atoms with Gasteiger partial charge in [0.2, 0.25) is 0 Å². The number of piperidine rings is 1. The molecule has 1 aliphatic heterocycles. The van der Waals surface area contributed by atoms with Crippen LogP contribution in [0.4, 0.5) is 0 Å². The lowest BCUT2D eigenvalue weighted by Crippen LogP contribution is -2.29. The molecule has 0 amide bonds. The largest absolute Gasteiger partial charge is 0.316 e. The second-order valence-electron chi connectivity index (χ2n) is 4.64. The molecule has 88 valence electrons. The molecule has 16 heavy (non-hydrogen) atoms. The molecule has 1 saturated heterocycles. The highest BCUT2D eigenvalue weighted by atomic mass is 15.1. The van der Waals surface area contributed by atoms with Gasteiger partial charge < -0.3 is 5.32 Å². The fourth-order valence-electron chi connectivity index (χ4n) is 2.43. The first-order valence-electron chi connectivity index (χ1n) is 6.34. The lowest BCUT2D eigenvalue weighted by atomic mass is 10.1. The van der Waals surface area contributed by atoms with Crippen molar-refractivity contribution in [1.82, 2.24) is 10.2 Å². The molecule has 1 heterocycles. The van der Waals surface area contributed by atoms with Crippen LogP contribution in [0.3, 0.4) is 0 Å². The number of benzene rings is 1. The van der Waals surface area contributed by atoms with Gasteiger partial charge in [-0.25, -0.2) is 0 Å². The molecule has 2 rings (SSSR count). The van der Waals surface area contributed by atoms with Crippen LogP contribution in [0, 0.1) is 0 Å². The highest BCUT2D eigenvalue weighted by Crippen LogP contribution is 2.15. The van der Waals surface area contributed by atoms with Crippen molar-refractivity contribution in [3.05, 3.63) is 35.4 Å². The van der Waals surface area contributed by atoms with Crippen LogP contribution in [0.25, 0.3) is 0 Å². The normalized spacial score (nSPS) is 17.6. The van der Waals surface area contributed by atoms with Crippen molar-refractivity contribution in [3.8, 4) is 0 Å². The summed E-state index contributed by atoms with van der Waals surface area (Å²) in [7, 11) is 2.01. The molecule has 0 aromatic heterocycles. The van der Waals surface area contributed by atoms with Crippen molar-refractivity contribution in [2.75, 3.05) is 20.1 Å². The molecule has 0 saturated carbocycles. The fourth-order valence-corrected chi connectivity index (χ4v) is 2.43. The Hall–Kier alpha value is -0.860. The van der Waals surface area contributed by atoms with E-state index in [1.54, 1.807) is 0 Å². The van der Waals surface area contributed by atoms with Crippen molar-refractivity contribution in [2.45, 2.75) is 32.4 Å². The number of hydrogen-bond donors (Lipinski definition) is 1. The van der Waals surface area contributed by atoms with Gasteiger partial charge in [0.15, 0.2) is 0 Å². The Morgan fingerprint density at radius 1 is 1.06 bits per heavy atom. The van der Waals surface area contributed by atoms with Crippen LogP contribution < -0.4 is 5.32 Å². The maximum atomic E-state index is 3.24. The summed E-state index contributed by atoms with van der Waals surface area (Å²) in [5.74, 6) is 0. The average Bonchev–Trinajstić information content (AvgIpc) is 2.33. The Balaban J connectivity index is 2.01. The zero-order valence-corrected chi connectivity index (χ0v) is 10.2. The molecule has 0 bridgehead atoms. The van der Waals surface area contributed by atoms with E-state index in [9.17, 15) is 0 Å². The quantitative estimate of drug-likeness (QED) is 0.835. The maximum absolute atomic E-state index is 3.24. The van der Waals surface area contributed by atoms with Gasteiger partial charge in [0.1, 0.15) is 0 Å². The van der Waals surface area contributed by atoms with Gasteiger partial charge in [0.05, 0.1) is 0 Å². The molecule has 1 N–H and O–H groups in total. The van der Waals surface area contributed by atoms with Crippen LogP contribution in [0.2, 0.25) is 0 Å². The van der Waals surface area contributed by atoms with Gasteiger partial charge in [-0.1, -0.05) is 30.7 Å². The minimum Gasteiger partial charge on any atom is -0.316 e. The predicted molar refractivity (Wildman–Crippen MR) is 68.3 cm³/mol. The summed E-state index contributed by atoms with van der Waals surface area (Å²) in [6.07, 6.45) is 4.15. The summed E-state index contributed by atoms with van der Waals surface area (Å²) < 4.78 is 0. The first kappa shape index (κ1) is 11.6. The standard InChI is InChI=1S/C14H22N2/c1-15-11-13-7-3-4-8-14(13)12-16-9-5-2-6-10-16/h3-4,7-8,15H,2,5-6,9-12H2,1H3. The molecule has 0 aliphatic carbocycles. The van der Waals surface area contributed by atoms with E-state index in [2.05, 4.69) is 34.5 Å². The highest BCUT2D eigenvalue weighted by Gasteiger charge is 2.11. The van der Waals surface area contributed by atoms with Gasteiger partial charge in [0, 0.05) is 13.1 Å². The van der Waals surface area contributed by atoms with E-state index in [1.807, 2.05) is 7.05 Å². The topological polar surface area (TPSA) is 15.3 Å². The molecular weight excluding hydrogens is 196 g/mol. The van der Waals surface area contributed by atoms with Crippen molar-refractivity contribution in [3.63, 3.8) is 0 Å². The second kappa shape index (κ2) is 6.02. The zero-order valence-electron chi connectivity index (χ0n) is 10.2. The van der Waals surface area contributed by atoms with Crippen LogP contribution in [0.5, 0.6) is 0 Å². The zero-order chi connectivity index (χ0) is 11.2. The van der Waals surface area contributed by atoms with Gasteiger partial charge in [-0.15, -0.1) is 0 Å². The molecule has 1 aromatic rings. The third kappa shape index (κ3) is 3.06. The van der Waals surface area contributed by atoms with E-state index in [0.29, 0.717) is 0 Å². The average molecular weight is 218 g/mol. The van der Waals surface area contributed by atoms with Gasteiger partial charge in [-0.05, 0) is 44.1 Å². The molecule has 0 spiro atoms. The molecule has 0 unspecified atom stereocenters. The van der Waals surface area contributed by atoms with Crippen molar-refractivity contribution in [1.29, 1.82) is 0 Å². The van der Waals surface area contributed by atoms with E-state index in [1.165, 1.54) is 43.5 Å². The SMILES string of the molecule is CNCc1ccccc1CN1CCCCC1.